The average molecular weight is 239 g/mol. The Labute approximate surface area is 100.0 Å². The van der Waals surface area contributed by atoms with Gasteiger partial charge in [0, 0.05) is 5.02 Å². The number of carbonyl (C=O) groups is 1. The van der Waals surface area contributed by atoms with Gasteiger partial charge in [0.1, 0.15) is 0 Å². The Balaban J connectivity index is 1.92. The van der Waals surface area contributed by atoms with Crippen LogP contribution in [0.4, 0.5) is 0 Å². The predicted octanol–water partition coefficient (Wildman–Crippen LogP) is 1.35. The molecule has 1 fully saturated rings. The van der Waals surface area contributed by atoms with Gasteiger partial charge in [0.2, 0.25) is 5.91 Å². The third-order valence-corrected chi connectivity index (χ3v) is 3.26. The van der Waals surface area contributed by atoms with E-state index in [-0.39, 0.29) is 11.9 Å². The highest BCUT2D eigenvalue weighted by molar-refractivity contribution is 6.30. The lowest BCUT2D eigenvalue weighted by Crippen LogP contribution is -2.36. The Morgan fingerprint density at radius 2 is 2.12 bits per heavy atom. The highest BCUT2D eigenvalue weighted by Crippen LogP contribution is 2.20. The Morgan fingerprint density at radius 1 is 1.44 bits per heavy atom. The molecule has 86 valence electrons. The number of primary amides is 1. The summed E-state index contributed by atoms with van der Waals surface area (Å²) in [6.07, 6.45) is 1.80. The predicted molar refractivity (Wildman–Crippen MR) is 64.2 cm³/mol. The maximum absolute atomic E-state index is 11.0. The number of benzene rings is 1. The third kappa shape index (κ3) is 2.74. The molecule has 1 aliphatic heterocycles. The summed E-state index contributed by atoms with van der Waals surface area (Å²) >= 11 is 5.82. The molecule has 2 unspecified atom stereocenters. The van der Waals surface area contributed by atoms with Gasteiger partial charge in [-0.05, 0) is 43.0 Å². The molecule has 3 N–H and O–H groups in total. The van der Waals surface area contributed by atoms with E-state index >= 15 is 0 Å². The van der Waals surface area contributed by atoms with Crippen LogP contribution in [0.3, 0.4) is 0 Å². The first-order valence-corrected chi connectivity index (χ1v) is 5.80. The number of nitrogens with two attached hydrogens (primary N) is 1. The van der Waals surface area contributed by atoms with Crippen LogP contribution < -0.4 is 11.1 Å². The Morgan fingerprint density at radius 3 is 2.69 bits per heavy atom. The molecule has 0 aromatic heterocycles. The van der Waals surface area contributed by atoms with E-state index in [1.807, 2.05) is 24.3 Å². The number of amides is 1. The number of nitrogens with one attached hydrogen (secondary N) is 1. The van der Waals surface area contributed by atoms with Crippen LogP contribution in [0.1, 0.15) is 12.0 Å². The smallest absolute Gasteiger partial charge is 0.234 e. The lowest BCUT2D eigenvalue weighted by atomic mass is 9.96. The van der Waals surface area contributed by atoms with E-state index < -0.39 is 0 Å². The van der Waals surface area contributed by atoms with E-state index in [9.17, 15) is 4.79 Å². The topological polar surface area (TPSA) is 55.1 Å². The summed E-state index contributed by atoms with van der Waals surface area (Å²) < 4.78 is 0. The summed E-state index contributed by atoms with van der Waals surface area (Å²) in [7, 11) is 0. The quantitative estimate of drug-likeness (QED) is 0.835. The molecule has 1 aliphatic rings. The largest absolute Gasteiger partial charge is 0.368 e. The van der Waals surface area contributed by atoms with Crippen LogP contribution in [0.2, 0.25) is 5.02 Å². The molecule has 0 spiro atoms. The fraction of sp³-hybridized carbons (Fsp3) is 0.417. The molecule has 2 rings (SSSR count). The minimum atomic E-state index is -0.251. The van der Waals surface area contributed by atoms with Gasteiger partial charge in [-0.25, -0.2) is 0 Å². The van der Waals surface area contributed by atoms with Gasteiger partial charge in [0.15, 0.2) is 0 Å². The zero-order valence-electron chi connectivity index (χ0n) is 8.95. The van der Waals surface area contributed by atoms with Gasteiger partial charge in [0.25, 0.3) is 0 Å². The molecule has 2 atom stereocenters. The van der Waals surface area contributed by atoms with Crippen LogP contribution in [0.25, 0.3) is 0 Å². The Kier molecular flexibility index (Phi) is 3.46. The van der Waals surface area contributed by atoms with E-state index in [1.165, 1.54) is 5.56 Å². The second-order valence-electron chi connectivity index (χ2n) is 4.30. The van der Waals surface area contributed by atoms with Crippen molar-refractivity contribution >= 4 is 17.5 Å². The molecule has 1 amide bonds. The van der Waals surface area contributed by atoms with E-state index in [2.05, 4.69) is 5.32 Å². The molecule has 0 radical (unpaired) electrons. The van der Waals surface area contributed by atoms with Crippen LogP contribution in [0, 0.1) is 5.92 Å². The van der Waals surface area contributed by atoms with Crippen molar-refractivity contribution in [3.63, 3.8) is 0 Å². The molecule has 4 heteroatoms. The zero-order valence-corrected chi connectivity index (χ0v) is 9.70. The van der Waals surface area contributed by atoms with Crippen LogP contribution in [0.5, 0.6) is 0 Å². The summed E-state index contributed by atoms with van der Waals surface area (Å²) in [5.74, 6) is 0.234. The van der Waals surface area contributed by atoms with Gasteiger partial charge in [-0.1, -0.05) is 23.7 Å². The van der Waals surface area contributed by atoms with Crippen molar-refractivity contribution in [2.75, 3.05) is 6.54 Å². The second-order valence-corrected chi connectivity index (χ2v) is 4.73. The van der Waals surface area contributed by atoms with Crippen molar-refractivity contribution in [2.24, 2.45) is 11.7 Å². The Hall–Kier alpha value is -1.06. The first kappa shape index (κ1) is 11.4. The molecule has 16 heavy (non-hydrogen) atoms. The molecule has 3 nitrogen and oxygen atoms in total. The molecule has 1 heterocycles. The number of carbonyl (C=O) groups excluding carboxylic acids is 1. The SMILES string of the molecule is NC(=O)C1CC(Cc2ccc(Cl)cc2)CN1. The van der Waals surface area contributed by atoms with Crippen molar-refractivity contribution < 1.29 is 4.79 Å². The molecule has 1 saturated heterocycles. The van der Waals surface area contributed by atoms with Crippen molar-refractivity contribution in [1.82, 2.24) is 5.32 Å². The summed E-state index contributed by atoms with van der Waals surface area (Å²) in [5, 5.41) is 3.89. The molecular weight excluding hydrogens is 224 g/mol. The monoisotopic (exact) mass is 238 g/mol. The lowest BCUT2D eigenvalue weighted by molar-refractivity contribution is -0.119. The van der Waals surface area contributed by atoms with Gasteiger partial charge >= 0.3 is 0 Å². The molecule has 1 aromatic rings. The fourth-order valence-corrected chi connectivity index (χ4v) is 2.26. The number of halogens is 1. The normalized spacial score (nSPS) is 24.6. The number of hydrogen-bond acceptors (Lipinski definition) is 2. The first-order chi connectivity index (χ1) is 7.65. The standard InChI is InChI=1S/C12H15ClN2O/c13-10-3-1-8(2-4-10)5-9-6-11(12(14)16)15-7-9/h1-4,9,11,15H,5-7H2,(H2,14,16). The van der Waals surface area contributed by atoms with Crippen LogP contribution in [-0.2, 0) is 11.2 Å². The summed E-state index contributed by atoms with van der Waals surface area (Å²) in [6, 6.07) is 7.69. The second kappa shape index (κ2) is 4.85. The van der Waals surface area contributed by atoms with Gasteiger partial charge in [0.05, 0.1) is 6.04 Å². The highest BCUT2D eigenvalue weighted by Gasteiger charge is 2.27. The first-order valence-electron chi connectivity index (χ1n) is 5.42. The molecule has 0 aliphatic carbocycles. The summed E-state index contributed by atoms with van der Waals surface area (Å²) in [6.45, 7) is 0.857. The van der Waals surface area contributed by atoms with Gasteiger partial charge in [-0.2, -0.15) is 0 Å². The van der Waals surface area contributed by atoms with Crippen LogP contribution >= 0.6 is 11.6 Å². The van der Waals surface area contributed by atoms with Crippen LogP contribution in [-0.4, -0.2) is 18.5 Å². The minimum absolute atomic E-state index is 0.155. The number of rotatable bonds is 3. The summed E-state index contributed by atoms with van der Waals surface area (Å²) in [4.78, 5) is 11.0. The zero-order chi connectivity index (χ0) is 11.5. The average Bonchev–Trinajstić information content (AvgIpc) is 2.70. The molecule has 0 saturated carbocycles. The molecular formula is C12H15ClN2O. The van der Waals surface area contributed by atoms with E-state index in [0.717, 1.165) is 24.4 Å². The fourth-order valence-electron chi connectivity index (χ4n) is 2.13. The van der Waals surface area contributed by atoms with Gasteiger partial charge in [-0.3, -0.25) is 4.79 Å². The lowest BCUT2D eigenvalue weighted by Gasteiger charge is -2.08. The Bertz CT molecular complexity index is 377. The molecule has 0 bridgehead atoms. The number of hydrogen-bond donors (Lipinski definition) is 2. The van der Waals surface area contributed by atoms with E-state index in [0.29, 0.717) is 5.92 Å². The van der Waals surface area contributed by atoms with Crippen molar-refractivity contribution in [3.05, 3.63) is 34.9 Å². The van der Waals surface area contributed by atoms with E-state index in [4.69, 9.17) is 17.3 Å². The van der Waals surface area contributed by atoms with Crippen LogP contribution in [0.15, 0.2) is 24.3 Å². The van der Waals surface area contributed by atoms with Crippen molar-refractivity contribution in [2.45, 2.75) is 18.9 Å². The molecule has 1 aromatic carbocycles. The van der Waals surface area contributed by atoms with Gasteiger partial charge in [-0.15, -0.1) is 0 Å². The minimum Gasteiger partial charge on any atom is -0.368 e. The van der Waals surface area contributed by atoms with Crippen molar-refractivity contribution in [1.29, 1.82) is 0 Å². The van der Waals surface area contributed by atoms with E-state index in [1.54, 1.807) is 0 Å². The maximum Gasteiger partial charge on any atom is 0.234 e. The third-order valence-electron chi connectivity index (χ3n) is 3.00. The maximum atomic E-state index is 11.0. The highest BCUT2D eigenvalue weighted by atomic mass is 35.5. The van der Waals surface area contributed by atoms with Crippen molar-refractivity contribution in [3.8, 4) is 0 Å². The van der Waals surface area contributed by atoms with Gasteiger partial charge < -0.3 is 11.1 Å². The summed E-state index contributed by atoms with van der Waals surface area (Å²) in [5.41, 5.74) is 6.51.